The van der Waals surface area contributed by atoms with Crippen LogP contribution in [0.15, 0.2) is 18.3 Å². The Balaban J connectivity index is 2.78. The molecule has 0 bridgehead atoms. The van der Waals surface area contributed by atoms with Crippen molar-refractivity contribution < 1.29 is 22.7 Å². The van der Waals surface area contributed by atoms with Gasteiger partial charge < -0.3 is 4.74 Å². The Morgan fingerprint density at radius 2 is 1.73 bits per heavy atom. The lowest BCUT2D eigenvalue weighted by Crippen LogP contribution is -2.22. The number of carbonyl (C=O) groups is 1. The summed E-state index contributed by atoms with van der Waals surface area (Å²) in [7, 11) is 1.20. The van der Waals surface area contributed by atoms with Gasteiger partial charge >= 0.3 is 5.97 Å². The van der Waals surface area contributed by atoms with Crippen LogP contribution in [0.2, 0.25) is 0 Å². The number of methoxy groups -OCH3 is 1. The number of hydrogen-bond donors (Lipinski definition) is 0. The molecule has 0 saturated heterocycles. The van der Waals surface area contributed by atoms with E-state index in [0.717, 1.165) is 4.68 Å². The summed E-state index contributed by atoms with van der Waals surface area (Å²) in [5, 5.41) is 3.89. The Labute approximate surface area is 125 Å². The van der Waals surface area contributed by atoms with Crippen LogP contribution in [0.3, 0.4) is 0 Å². The van der Waals surface area contributed by atoms with Gasteiger partial charge in [-0.2, -0.15) is 5.10 Å². The Kier molecular flexibility index (Phi) is 4.00. The number of ether oxygens (including phenoxy) is 1. The SMILES string of the molecule is COC(=O)c1cnn(-c2c(F)cc(F)cc2F)c1C(C)(C)C. The van der Waals surface area contributed by atoms with E-state index in [9.17, 15) is 18.0 Å². The molecule has 0 amide bonds. The van der Waals surface area contributed by atoms with Crippen molar-refractivity contribution in [3.63, 3.8) is 0 Å². The molecule has 0 aliphatic rings. The van der Waals surface area contributed by atoms with Crippen LogP contribution < -0.4 is 0 Å². The maximum atomic E-state index is 14.0. The number of esters is 1. The zero-order valence-corrected chi connectivity index (χ0v) is 12.6. The Hall–Kier alpha value is -2.31. The number of halogens is 3. The fourth-order valence-electron chi connectivity index (χ4n) is 2.24. The van der Waals surface area contributed by atoms with Crippen LogP contribution >= 0.6 is 0 Å². The van der Waals surface area contributed by atoms with Crippen LogP contribution in [-0.4, -0.2) is 22.9 Å². The third kappa shape index (κ3) is 2.70. The van der Waals surface area contributed by atoms with Crippen molar-refractivity contribution in [2.24, 2.45) is 0 Å². The highest BCUT2D eigenvalue weighted by Gasteiger charge is 2.30. The van der Waals surface area contributed by atoms with Gasteiger partial charge in [-0.15, -0.1) is 0 Å². The third-order valence-electron chi connectivity index (χ3n) is 3.08. The second-order valence-corrected chi connectivity index (χ2v) is 5.78. The molecule has 0 radical (unpaired) electrons. The number of rotatable bonds is 2. The molecule has 2 rings (SSSR count). The molecule has 0 N–H and O–H groups in total. The fraction of sp³-hybridized carbons (Fsp3) is 0.333. The largest absolute Gasteiger partial charge is 0.465 e. The average molecular weight is 312 g/mol. The average Bonchev–Trinajstić information content (AvgIpc) is 2.81. The molecule has 7 heteroatoms. The minimum absolute atomic E-state index is 0.0955. The van der Waals surface area contributed by atoms with E-state index >= 15 is 0 Å². The molecule has 1 heterocycles. The number of benzene rings is 1. The summed E-state index contributed by atoms with van der Waals surface area (Å²) in [6.07, 6.45) is 1.18. The highest BCUT2D eigenvalue weighted by atomic mass is 19.1. The van der Waals surface area contributed by atoms with Crippen LogP contribution in [0.25, 0.3) is 5.69 Å². The highest BCUT2D eigenvalue weighted by molar-refractivity contribution is 5.91. The van der Waals surface area contributed by atoms with Gasteiger partial charge in [0.05, 0.1) is 19.0 Å². The summed E-state index contributed by atoms with van der Waals surface area (Å²) in [5.74, 6) is -3.92. The molecule has 0 fully saturated rings. The van der Waals surface area contributed by atoms with Gasteiger partial charge in [-0.25, -0.2) is 22.6 Å². The van der Waals surface area contributed by atoms with Crippen LogP contribution in [0, 0.1) is 17.5 Å². The van der Waals surface area contributed by atoms with Gasteiger partial charge in [0.25, 0.3) is 0 Å². The minimum Gasteiger partial charge on any atom is -0.465 e. The van der Waals surface area contributed by atoms with Gasteiger partial charge in [-0.1, -0.05) is 20.8 Å². The first-order valence-electron chi connectivity index (χ1n) is 6.48. The lowest BCUT2D eigenvalue weighted by atomic mass is 9.89. The molecule has 0 atom stereocenters. The van der Waals surface area contributed by atoms with Gasteiger partial charge in [0.2, 0.25) is 0 Å². The topological polar surface area (TPSA) is 44.1 Å². The first kappa shape index (κ1) is 16.1. The molecular weight excluding hydrogens is 297 g/mol. The summed E-state index contributed by atoms with van der Waals surface area (Å²) in [5.41, 5.74) is -0.837. The fourth-order valence-corrected chi connectivity index (χ4v) is 2.24. The lowest BCUT2D eigenvalue weighted by molar-refractivity contribution is 0.0597. The van der Waals surface area contributed by atoms with E-state index in [-0.39, 0.29) is 11.3 Å². The summed E-state index contributed by atoms with van der Waals surface area (Å²) in [4.78, 5) is 11.8. The molecular formula is C15H15F3N2O2. The van der Waals surface area contributed by atoms with Gasteiger partial charge in [-0.05, 0) is 0 Å². The summed E-state index contributed by atoms with van der Waals surface area (Å²) < 4.78 is 46.7. The molecule has 0 saturated carbocycles. The third-order valence-corrected chi connectivity index (χ3v) is 3.08. The van der Waals surface area contributed by atoms with Crippen LogP contribution in [0.4, 0.5) is 13.2 Å². The summed E-state index contributed by atoms with van der Waals surface area (Å²) in [6.45, 7) is 5.27. The molecule has 1 aromatic carbocycles. The number of hydrogen-bond acceptors (Lipinski definition) is 3. The van der Waals surface area contributed by atoms with Crippen molar-refractivity contribution in [2.75, 3.05) is 7.11 Å². The number of carbonyl (C=O) groups excluding carboxylic acids is 1. The van der Waals surface area contributed by atoms with Crippen molar-refractivity contribution in [2.45, 2.75) is 26.2 Å². The smallest absolute Gasteiger partial charge is 0.341 e. The van der Waals surface area contributed by atoms with Crippen molar-refractivity contribution >= 4 is 5.97 Å². The van der Waals surface area contributed by atoms with E-state index in [0.29, 0.717) is 12.1 Å². The van der Waals surface area contributed by atoms with Crippen LogP contribution in [0.1, 0.15) is 36.8 Å². The predicted molar refractivity (Wildman–Crippen MR) is 73.5 cm³/mol. The predicted octanol–water partition coefficient (Wildman–Crippen LogP) is 3.37. The van der Waals surface area contributed by atoms with Gasteiger partial charge in [0.15, 0.2) is 11.6 Å². The van der Waals surface area contributed by atoms with E-state index in [1.807, 2.05) is 0 Å². The maximum absolute atomic E-state index is 14.0. The second-order valence-electron chi connectivity index (χ2n) is 5.78. The molecule has 2 aromatic rings. The van der Waals surface area contributed by atoms with Crippen LogP contribution in [0.5, 0.6) is 0 Å². The van der Waals surface area contributed by atoms with E-state index in [1.54, 1.807) is 20.8 Å². The highest BCUT2D eigenvalue weighted by Crippen LogP contribution is 2.30. The molecule has 0 aliphatic carbocycles. The molecule has 1 aromatic heterocycles. The Morgan fingerprint density at radius 3 is 2.18 bits per heavy atom. The lowest BCUT2D eigenvalue weighted by Gasteiger charge is -2.22. The molecule has 0 aliphatic heterocycles. The zero-order valence-electron chi connectivity index (χ0n) is 12.6. The first-order valence-corrected chi connectivity index (χ1v) is 6.48. The molecule has 0 unspecified atom stereocenters. The minimum atomic E-state index is -1.11. The van der Waals surface area contributed by atoms with Crippen molar-refractivity contribution in [1.82, 2.24) is 9.78 Å². The van der Waals surface area contributed by atoms with E-state index < -0.39 is 34.5 Å². The first-order chi connectivity index (χ1) is 10.2. The number of nitrogens with zero attached hydrogens (tertiary/aromatic N) is 2. The Bertz CT molecular complexity index is 710. The Morgan fingerprint density at radius 1 is 1.18 bits per heavy atom. The van der Waals surface area contributed by atoms with E-state index in [1.165, 1.54) is 13.3 Å². The summed E-state index contributed by atoms with van der Waals surface area (Å²) >= 11 is 0. The zero-order chi connectivity index (χ0) is 16.7. The standard InChI is InChI=1S/C15H15F3N2O2/c1-15(2,3)13-9(14(21)22-4)7-19-20(13)12-10(17)5-8(16)6-11(12)18/h5-7H,1-4H3. The van der Waals surface area contributed by atoms with E-state index in [2.05, 4.69) is 9.84 Å². The van der Waals surface area contributed by atoms with Gasteiger partial charge in [0.1, 0.15) is 17.1 Å². The van der Waals surface area contributed by atoms with Crippen molar-refractivity contribution in [3.05, 3.63) is 47.0 Å². The van der Waals surface area contributed by atoms with E-state index in [4.69, 9.17) is 0 Å². The molecule has 118 valence electrons. The monoisotopic (exact) mass is 312 g/mol. The quantitative estimate of drug-likeness (QED) is 0.799. The second kappa shape index (κ2) is 5.47. The maximum Gasteiger partial charge on any atom is 0.341 e. The van der Waals surface area contributed by atoms with Crippen molar-refractivity contribution in [3.8, 4) is 5.69 Å². The van der Waals surface area contributed by atoms with Crippen molar-refractivity contribution in [1.29, 1.82) is 0 Å². The molecule has 4 nitrogen and oxygen atoms in total. The van der Waals surface area contributed by atoms with Gasteiger partial charge in [0, 0.05) is 17.5 Å². The molecule has 22 heavy (non-hydrogen) atoms. The molecule has 0 spiro atoms. The normalized spacial score (nSPS) is 11.6. The summed E-state index contributed by atoms with van der Waals surface area (Å²) in [6, 6.07) is 1.12. The number of aromatic nitrogens is 2. The van der Waals surface area contributed by atoms with Crippen LogP contribution in [-0.2, 0) is 10.2 Å². The van der Waals surface area contributed by atoms with Gasteiger partial charge in [-0.3, -0.25) is 0 Å².